The van der Waals surface area contributed by atoms with Crippen molar-refractivity contribution in [2.45, 2.75) is 302 Å². The van der Waals surface area contributed by atoms with Gasteiger partial charge in [0.05, 0.1) is 39.9 Å². The number of amides is 1. The molecule has 0 aliphatic heterocycles. The number of aliphatic hydroxyl groups is 1. The number of hydrogen-bond acceptors (Lipinski definition) is 6. The summed E-state index contributed by atoms with van der Waals surface area (Å²) in [7, 11) is 1.31. The lowest BCUT2D eigenvalue weighted by Crippen LogP contribution is -2.46. The maximum absolute atomic E-state index is 13.0. The topological polar surface area (TPSA) is 108 Å². The molecule has 0 aromatic heterocycles. The SMILES string of the molecule is CCCCC/C=C\C/C=C\CCCCCCCCCCCC(=O)NC(COP(=O)([O-])OCC[N+](C)(C)C)C(O)CCCCCCCCCCCCCCCCCCCCCCCCCCCC. The van der Waals surface area contributed by atoms with E-state index in [1.165, 1.54) is 218 Å². The Bertz CT molecular complexity index is 1140. The second-order valence-corrected chi connectivity index (χ2v) is 22.8. The Morgan fingerprint density at radius 2 is 0.866 bits per heavy atom. The molecular formula is C58H115N2O6P. The van der Waals surface area contributed by atoms with Gasteiger partial charge in [-0.3, -0.25) is 9.36 Å². The Kier molecular flexibility index (Phi) is 49.2. The summed E-state index contributed by atoms with van der Waals surface area (Å²) in [6.45, 7) is 4.73. The van der Waals surface area contributed by atoms with Crippen molar-refractivity contribution >= 4 is 13.7 Å². The van der Waals surface area contributed by atoms with E-state index in [0.29, 0.717) is 23.9 Å². The smallest absolute Gasteiger partial charge is 0.268 e. The zero-order valence-corrected chi connectivity index (χ0v) is 46.3. The zero-order valence-electron chi connectivity index (χ0n) is 45.4. The number of likely N-dealkylation sites (N-methyl/N-ethyl adjacent to an activating group) is 1. The summed E-state index contributed by atoms with van der Waals surface area (Å²) in [5.41, 5.74) is 0. The molecule has 0 aromatic carbocycles. The van der Waals surface area contributed by atoms with Crippen LogP contribution in [0.5, 0.6) is 0 Å². The number of aliphatic hydroxyl groups excluding tert-OH is 1. The lowest BCUT2D eigenvalue weighted by atomic mass is 10.0. The Balaban J connectivity index is 4.13. The molecule has 1 amide bonds. The van der Waals surface area contributed by atoms with Gasteiger partial charge in [-0.15, -0.1) is 0 Å². The minimum atomic E-state index is -4.57. The van der Waals surface area contributed by atoms with Gasteiger partial charge in [-0.05, 0) is 44.9 Å². The molecule has 9 heteroatoms. The number of carbonyl (C=O) groups is 1. The molecule has 0 saturated carbocycles. The third-order valence-electron chi connectivity index (χ3n) is 13.4. The molecule has 0 heterocycles. The number of carbonyl (C=O) groups excluding carboxylic acids is 1. The molecule has 0 aromatic rings. The molecule has 0 radical (unpaired) electrons. The fourth-order valence-corrected chi connectivity index (χ4v) is 9.56. The maximum atomic E-state index is 13.0. The minimum absolute atomic E-state index is 0.0125. The van der Waals surface area contributed by atoms with Crippen LogP contribution in [0, 0.1) is 0 Å². The summed E-state index contributed by atoms with van der Waals surface area (Å²) in [5, 5.41) is 14.0. The molecule has 0 rings (SSSR count). The highest BCUT2D eigenvalue weighted by atomic mass is 31.2. The molecule has 3 atom stereocenters. The number of phosphoric acid groups is 1. The third kappa shape index (κ3) is 52.6. The van der Waals surface area contributed by atoms with Crippen LogP contribution in [0.25, 0.3) is 0 Å². The summed E-state index contributed by atoms with van der Waals surface area (Å²) in [6.07, 6.45) is 62.1. The molecule has 67 heavy (non-hydrogen) atoms. The van der Waals surface area contributed by atoms with Gasteiger partial charge in [0.1, 0.15) is 13.2 Å². The number of unbranched alkanes of at least 4 members (excludes halogenated alkanes) is 37. The highest BCUT2D eigenvalue weighted by molar-refractivity contribution is 7.45. The number of quaternary nitrogens is 1. The first kappa shape index (κ1) is 66.0. The van der Waals surface area contributed by atoms with Crippen molar-refractivity contribution in [3.05, 3.63) is 24.3 Å². The summed E-state index contributed by atoms with van der Waals surface area (Å²) >= 11 is 0. The van der Waals surface area contributed by atoms with Crippen LogP contribution in [-0.2, 0) is 18.4 Å². The van der Waals surface area contributed by atoms with Crippen molar-refractivity contribution in [3.8, 4) is 0 Å². The van der Waals surface area contributed by atoms with Crippen LogP contribution in [0.4, 0.5) is 0 Å². The molecule has 0 saturated heterocycles. The average molecular weight is 968 g/mol. The van der Waals surface area contributed by atoms with Gasteiger partial charge in [-0.25, -0.2) is 0 Å². The van der Waals surface area contributed by atoms with Crippen molar-refractivity contribution in [2.75, 3.05) is 40.9 Å². The van der Waals surface area contributed by atoms with E-state index in [2.05, 4.69) is 43.5 Å². The summed E-state index contributed by atoms with van der Waals surface area (Å²) < 4.78 is 23.4. The second kappa shape index (κ2) is 49.9. The summed E-state index contributed by atoms with van der Waals surface area (Å²) in [6, 6.07) is -0.802. The molecule has 0 fully saturated rings. The van der Waals surface area contributed by atoms with Crippen molar-refractivity contribution < 1.29 is 32.9 Å². The van der Waals surface area contributed by atoms with E-state index in [9.17, 15) is 19.4 Å². The van der Waals surface area contributed by atoms with E-state index in [0.717, 1.165) is 44.9 Å². The van der Waals surface area contributed by atoms with Crippen molar-refractivity contribution in [3.63, 3.8) is 0 Å². The first-order chi connectivity index (χ1) is 32.5. The molecular weight excluding hydrogens is 852 g/mol. The zero-order chi connectivity index (χ0) is 49.2. The van der Waals surface area contributed by atoms with Crippen LogP contribution < -0.4 is 10.2 Å². The number of rotatable bonds is 54. The molecule has 3 unspecified atom stereocenters. The van der Waals surface area contributed by atoms with Crippen LogP contribution in [-0.4, -0.2) is 68.5 Å². The van der Waals surface area contributed by atoms with Gasteiger partial charge in [0.25, 0.3) is 7.82 Å². The molecule has 398 valence electrons. The first-order valence-electron chi connectivity index (χ1n) is 29.2. The molecule has 2 N–H and O–H groups in total. The Labute approximate surface area is 417 Å². The number of nitrogens with one attached hydrogen (secondary N) is 1. The summed E-state index contributed by atoms with van der Waals surface area (Å²) in [4.78, 5) is 25.5. The molecule has 0 spiro atoms. The monoisotopic (exact) mass is 967 g/mol. The number of allylic oxidation sites excluding steroid dienone is 4. The highest BCUT2D eigenvalue weighted by Crippen LogP contribution is 2.38. The van der Waals surface area contributed by atoms with Gasteiger partial charge in [0.15, 0.2) is 0 Å². The Morgan fingerprint density at radius 1 is 0.522 bits per heavy atom. The number of hydrogen-bond donors (Lipinski definition) is 2. The van der Waals surface area contributed by atoms with Crippen LogP contribution in [0.2, 0.25) is 0 Å². The largest absolute Gasteiger partial charge is 0.756 e. The highest BCUT2D eigenvalue weighted by Gasteiger charge is 2.24. The third-order valence-corrected chi connectivity index (χ3v) is 14.4. The van der Waals surface area contributed by atoms with Crippen molar-refractivity contribution in [2.24, 2.45) is 0 Å². The average Bonchev–Trinajstić information content (AvgIpc) is 3.29. The lowest BCUT2D eigenvalue weighted by molar-refractivity contribution is -0.870. The fourth-order valence-electron chi connectivity index (χ4n) is 8.84. The van der Waals surface area contributed by atoms with E-state index in [1.807, 2.05) is 21.1 Å². The Hall–Kier alpha value is -1.02. The lowest BCUT2D eigenvalue weighted by Gasteiger charge is -2.30. The van der Waals surface area contributed by atoms with Crippen LogP contribution >= 0.6 is 7.82 Å². The molecule has 0 aliphatic rings. The normalized spacial score (nSPS) is 14.1. The minimum Gasteiger partial charge on any atom is -0.756 e. The predicted octanol–water partition coefficient (Wildman–Crippen LogP) is 17.0. The van der Waals surface area contributed by atoms with E-state index >= 15 is 0 Å². The van der Waals surface area contributed by atoms with Crippen LogP contribution in [0.15, 0.2) is 24.3 Å². The Morgan fingerprint density at radius 3 is 1.27 bits per heavy atom. The predicted molar refractivity (Wildman–Crippen MR) is 289 cm³/mol. The molecule has 8 nitrogen and oxygen atoms in total. The molecule has 0 aliphatic carbocycles. The van der Waals surface area contributed by atoms with Crippen molar-refractivity contribution in [1.29, 1.82) is 0 Å². The van der Waals surface area contributed by atoms with E-state index in [-0.39, 0.29) is 19.1 Å². The quantitative estimate of drug-likeness (QED) is 0.0272. The standard InChI is InChI=1S/C58H115N2O6P/c1-6-8-10-12-14-16-18-20-22-24-26-27-28-29-30-31-32-34-35-37-39-41-43-45-47-49-51-57(61)56(55-66-67(63,64)65-54-53-60(3,4)5)59-58(62)52-50-48-46-44-42-40-38-36-33-25-23-21-19-17-15-13-11-9-7-2/h15,17,21,23,56-57,61H,6-14,16,18-20,22,24-55H2,1-5H3,(H-,59,62,63,64)/b17-15-,23-21-. The van der Waals surface area contributed by atoms with Gasteiger partial charge in [-0.1, -0.05) is 263 Å². The summed E-state index contributed by atoms with van der Waals surface area (Å²) in [5.74, 6) is -0.165. The first-order valence-corrected chi connectivity index (χ1v) is 30.6. The van der Waals surface area contributed by atoms with Crippen LogP contribution in [0.1, 0.15) is 290 Å². The van der Waals surface area contributed by atoms with Gasteiger partial charge >= 0.3 is 0 Å². The maximum Gasteiger partial charge on any atom is 0.268 e. The van der Waals surface area contributed by atoms with E-state index in [4.69, 9.17) is 9.05 Å². The van der Waals surface area contributed by atoms with Gasteiger partial charge < -0.3 is 28.8 Å². The van der Waals surface area contributed by atoms with Gasteiger partial charge in [-0.2, -0.15) is 0 Å². The van der Waals surface area contributed by atoms with Gasteiger partial charge in [0, 0.05) is 6.42 Å². The van der Waals surface area contributed by atoms with Crippen LogP contribution in [0.3, 0.4) is 0 Å². The fraction of sp³-hybridized carbons (Fsp3) is 0.914. The number of phosphoric ester groups is 1. The second-order valence-electron chi connectivity index (χ2n) is 21.4. The molecule has 0 bridgehead atoms. The van der Waals surface area contributed by atoms with Gasteiger partial charge in [0.2, 0.25) is 5.91 Å². The van der Waals surface area contributed by atoms with E-state index in [1.54, 1.807) is 0 Å². The van der Waals surface area contributed by atoms with E-state index < -0.39 is 20.0 Å². The number of nitrogens with zero attached hydrogens (tertiary/aromatic N) is 1. The van der Waals surface area contributed by atoms with Crippen molar-refractivity contribution in [1.82, 2.24) is 5.32 Å².